The molecule has 1 saturated heterocycles. The number of nitrogens with zero attached hydrogens (tertiary/aromatic N) is 5. The molecule has 1 aromatic heterocycles. The van der Waals surface area contributed by atoms with Crippen LogP contribution in [0.5, 0.6) is 0 Å². The van der Waals surface area contributed by atoms with Gasteiger partial charge in [0.05, 0.1) is 13.1 Å². The Balaban J connectivity index is 1.50. The van der Waals surface area contributed by atoms with Gasteiger partial charge in [0.1, 0.15) is 0 Å². The van der Waals surface area contributed by atoms with Crippen LogP contribution in [0.1, 0.15) is 51.0 Å². The summed E-state index contributed by atoms with van der Waals surface area (Å²) >= 11 is 0. The smallest absolute Gasteiger partial charge is 0.256 e. The van der Waals surface area contributed by atoms with Crippen molar-refractivity contribution in [1.82, 2.24) is 30.8 Å². The molecule has 38 heavy (non-hydrogen) atoms. The number of amides is 2. The minimum Gasteiger partial charge on any atom is -0.353 e. The van der Waals surface area contributed by atoms with E-state index in [9.17, 15) is 9.59 Å². The van der Waals surface area contributed by atoms with E-state index in [2.05, 4.69) is 39.6 Å². The number of aromatic nitrogens is 2. The van der Waals surface area contributed by atoms with Crippen LogP contribution in [-0.2, 0) is 9.59 Å². The highest BCUT2D eigenvalue weighted by atomic mass is 16.5. The van der Waals surface area contributed by atoms with Gasteiger partial charge in [0.2, 0.25) is 17.6 Å². The average Bonchev–Trinajstić information content (AvgIpc) is 3.52. The summed E-state index contributed by atoms with van der Waals surface area (Å²) in [4.78, 5) is 32.7. The van der Waals surface area contributed by atoms with Crippen LogP contribution >= 0.6 is 0 Å². The van der Waals surface area contributed by atoms with E-state index in [0.29, 0.717) is 42.7 Å². The lowest BCUT2D eigenvalue weighted by atomic mass is 9.82. The standard InChI is InChI=1S/C28H43N7O3/c1-19(2)29-12-13-30-26(36)17-34(25-14-22(11-10-20(25)3)28-31-21(4)38-32-28)18-27(37)33(5)35-15-23-8-6-7-9-24(23)16-35/h10-11,14,19,23-24,29H,6-9,12-13,15-18H2,1-5H3,(H,30,36). The van der Waals surface area contributed by atoms with Gasteiger partial charge < -0.3 is 20.1 Å². The molecule has 2 aliphatic rings. The van der Waals surface area contributed by atoms with Crippen LogP contribution < -0.4 is 15.5 Å². The fourth-order valence-corrected chi connectivity index (χ4v) is 5.57. The molecule has 1 aliphatic heterocycles. The fourth-order valence-electron chi connectivity index (χ4n) is 5.57. The van der Waals surface area contributed by atoms with Crippen molar-refractivity contribution in [3.8, 4) is 11.4 Å². The predicted molar refractivity (Wildman–Crippen MR) is 147 cm³/mol. The summed E-state index contributed by atoms with van der Waals surface area (Å²) in [5.74, 6) is 2.17. The molecule has 0 bridgehead atoms. The second-order valence-electron chi connectivity index (χ2n) is 11.0. The Labute approximate surface area is 226 Å². The first-order valence-electron chi connectivity index (χ1n) is 13.9. The maximum absolute atomic E-state index is 13.6. The zero-order valence-electron chi connectivity index (χ0n) is 23.5. The number of benzene rings is 1. The summed E-state index contributed by atoms with van der Waals surface area (Å²) in [7, 11) is 1.86. The van der Waals surface area contributed by atoms with Gasteiger partial charge in [-0.15, -0.1) is 0 Å². The summed E-state index contributed by atoms with van der Waals surface area (Å²) in [5.41, 5.74) is 2.54. The topological polar surface area (TPSA) is 107 Å². The molecule has 0 radical (unpaired) electrons. The van der Waals surface area contributed by atoms with Crippen LogP contribution in [0.2, 0.25) is 0 Å². The molecule has 2 fully saturated rings. The lowest BCUT2D eigenvalue weighted by Gasteiger charge is -2.32. The monoisotopic (exact) mass is 525 g/mol. The minimum absolute atomic E-state index is 0.0295. The SMILES string of the molecule is Cc1nc(-c2ccc(C)c(N(CC(=O)NCCNC(C)C)CC(=O)N(C)N3CC4CCCCC4C3)c2)no1. The van der Waals surface area contributed by atoms with E-state index >= 15 is 0 Å². The third-order valence-electron chi connectivity index (χ3n) is 7.74. The van der Waals surface area contributed by atoms with E-state index in [4.69, 9.17) is 4.52 Å². The summed E-state index contributed by atoms with van der Waals surface area (Å²) in [6.45, 7) is 11.1. The normalized spacial score (nSPS) is 19.4. The first-order valence-corrected chi connectivity index (χ1v) is 13.9. The number of rotatable bonds is 11. The molecule has 0 spiro atoms. The average molecular weight is 526 g/mol. The number of carbonyl (C=O) groups excluding carboxylic acids is 2. The maximum atomic E-state index is 13.6. The number of fused-ring (bicyclic) bond motifs is 1. The van der Waals surface area contributed by atoms with Crippen molar-refractivity contribution in [3.63, 3.8) is 0 Å². The van der Waals surface area contributed by atoms with Crippen molar-refractivity contribution in [3.05, 3.63) is 29.7 Å². The molecule has 2 unspecified atom stereocenters. The Morgan fingerprint density at radius 2 is 1.82 bits per heavy atom. The summed E-state index contributed by atoms with van der Waals surface area (Å²) in [5, 5.41) is 14.3. The van der Waals surface area contributed by atoms with Crippen molar-refractivity contribution in [2.45, 2.75) is 59.4 Å². The van der Waals surface area contributed by atoms with Gasteiger partial charge in [0, 0.05) is 57.4 Å². The first-order chi connectivity index (χ1) is 18.2. The summed E-state index contributed by atoms with van der Waals surface area (Å²) in [6, 6.07) is 6.18. The van der Waals surface area contributed by atoms with Crippen molar-refractivity contribution < 1.29 is 14.1 Å². The van der Waals surface area contributed by atoms with E-state index in [1.807, 2.05) is 37.1 Å². The third kappa shape index (κ3) is 7.11. The highest BCUT2D eigenvalue weighted by Crippen LogP contribution is 2.36. The number of carbonyl (C=O) groups is 2. The van der Waals surface area contributed by atoms with Crippen LogP contribution in [0.4, 0.5) is 5.69 Å². The van der Waals surface area contributed by atoms with Gasteiger partial charge >= 0.3 is 0 Å². The second kappa shape index (κ2) is 12.7. The largest absolute Gasteiger partial charge is 0.353 e. The van der Waals surface area contributed by atoms with Crippen LogP contribution in [0.25, 0.3) is 11.4 Å². The molecule has 208 valence electrons. The molecule has 2 heterocycles. The number of nitrogens with one attached hydrogen (secondary N) is 2. The first kappa shape index (κ1) is 28.0. The van der Waals surface area contributed by atoms with Crippen LogP contribution in [0, 0.1) is 25.7 Å². The molecule has 1 aromatic carbocycles. The Morgan fingerprint density at radius 1 is 1.11 bits per heavy atom. The van der Waals surface area contributed by atoms with Gasteiger partial charge in [-0.1, -0.05) is 44.0 Å². The zero-order chi connectivity index (χ0) is 27.2. The van der Waals surface area contributed by atoms with E-state index in [-0.39, 0.29) is 24.9 Å². The van der Waals surface area contributed by atoms with E-state index < -0.39 is 0 Å². The van der Waals surface area contributed by atoms with Gasteiger partial charge in [0.25, 0.3) is 5.91 Å². The Morgan fingerprint density at radius 3 is 2.45 bits per heavy atom. The van der Waals surface area contributed by atoms with Crippen molar-refractivity contribution in [2.75, 3.05) is 51.2 Å². The fraction of sp³-hybridized carbons (Fsp3) is 0.643. The van der Waals surface area contributed by atoms with Gasteiger partial charge in [-0.3, -0.25) is 14.6 Å². The number of likely N-dealkylation sites (N-methyl/N-ethyl adjacent to an activating group) is 1. The number of hydrogen-bond donors (Lipinski definition) is 2. The second-order valence-corrected chi connectivity index (χ2v) is 11.0. The number of hydrogen-bond acceptors (Lipinski definition) is 8. The highest BCUT2D eigenvalue weighted by molar-refractivity contribution is 5.87. The molecule has 1 aliphatic carbocycles. The molecule has 4 rings (SSSR count). The van der Waals surface area contributed by atoms with Crippen molar-refractivity contribution in [1.29, 1.82) is 0 Å². The molecular weight excluding hydrogens is 482 g/mol. The third-order valence-corrected chi connectivity index (χ3v) is 7.74. The predicted octanol–water partition coefficient (Wildman–Crippen LogP) is 2.77. The highest BCUT2D eigenvalue weighted by Gasteiger charge is 2.37. The molecule has 10 nitrogen and oxygen atoms in total. The number of anilines is 1. The molecular formula is C28H43N7O3. The van der Waals surface area contributed by atoms with Crippen LogP contribution in [-0.4, -0.2) is 84.3 Å². The molecule has 2 N–H and O–H groups in total. The van der Waals surface area contributed by atoms with Crippen molar-refractivity contribution >= 4 is 17.5 Å². The van der Waals surface area contributed by atoms with E-state index in [1.165, 1.54) is 25.7 Å². The lowest BCUT2D eigenvalue weighted by molar-refractivity contribution is -0.142. The van der Waals surface area contributed by atoms with Gasteiger partial charge in [0.15, 0.2) is 0 Å². The van der Waals surface area contributed by atoms with Gasteiger partial charge in [-0.2, -0.15) is 4.98 Å². The quantitative estimate of drug-likeness (QED) is 0.432. The van der Waals surface area contributed by atoms with Crippen molar-refractivity contribution in [2.24, 2.45) is 11.8 Å². The molecule has 2 aromatic rings. The Bertz CT molecular complexity index is 1090. The minimum atomic E-state index is -0.126. The molecule has 2 amide bonds. The summed E-state index contributed by atoms with van der Waals surface area (Å²) < 4.78 is 5.17. The molecule has 1 saturated carbocycles. The van der Waals surface area contributed by atoms with E-state index in [1.54, 1.807) is 11.9 Å². The lowest BCUT2D eigenvalue weighted by Crippen LogP contribution is -2.49. The number of aryl methyl sites for hydroxylation is 2. The Kier molecular flexibility index (Phi) is 9.38. The number of hydrazine groups is 1. The molecule has 10 heteroatoms. The maximum Gasteiger partial charge on any atom is 0.256 e. The van der Waals surface area contributed by atoms with Crippen LogP contribution in [0.15, 0.2) is 22.7 Å². The van der Waals surface area contributed by atoms with E-state index in [0.717, 1.165) is 29.9 Å². The summed E-state index contributed by atoms with van der Waals surface area (Å²) in [6.07, 6.45) is 5.08. The zero-order valence-corrected chi connectivity index (χ0v) is 23.5. The van der Waals surface area contributed by atoms with Crippen LogP contribution in [0.3, 0.4) is 0 Å². The van der Waals surface area contributed by atoms with Gasteiger partial charge in [-0.05, 0) is 43.2 Å². The molecule has 2 atom stereocenters. The van der Waals surface area contributed by atoms with Gasteiger partial charge in [-0.25, -0.2) is 5.01 Å². The Hall–Kier alpha value is -2.98.